The highest BCUT2D eigenvalue weighted by molar-refractivity contribution is 7.20. The summed E-state index contributed by atoms with van der Waals surface area (Å²) in [5.74, 6) is 0.335. The predicted molar refractivity (Wildman–Crippen MR) is 105 cm³/mol. The molecule has 0 radical (unpaired) electrons. The van der Waals surface area contributed by atoms with Gasteiger partial charge in [0.1, 0.15) is 5.75 Å². The summed E-state index contributed by atoms with van der Waals surface area (Å²) in [6.45, 7) is 11.3. The maximum Gasteiger partial charge on any atom is 0.214 e. The summed E-state index contributed by atoms with van der Waals surface area (Å²) in [5.41, 5.74) is 2.28. The molecule has 138 valence electrons. The number of hydrogen-bond acceptors (Lipinski definition) is 6. The van der Waals surface area contributed by atoms with Crippen LogP contribution in [0.3, 0.4) is 0 Å². The van der Waals surface area contributed by atoms with E-state index < -0.39 is 0 Å². The monoisotopic (exact) mass is 371 g/mol. The number of aromatic hydroxyl groups is 1. The molecule has 0 saturated carbocycles. The molecule has 0 amide bonds. The van der Waals surface area contributed by atoms with Gasteiger partial charge in [0.05, 0.1) is 11.9 Å². The summed E-state index contributed by atoms with van der Waals surface area (Å²) in [6.07, 6.45) is 2.05. The van der Waals surface area contributed by atoms with E-state index in [1.165, 1.54) is 0 Å². The number of imidazole rings is 1. The molecule has 1 aliphatic rings. The summed E-state index contributed by atoms with van der Waals surface area (Å²) in [6, 6.07) is 7.52. The van der Waals surface area contributed by atoms with Gasteiger partial charge >= 0.3 is 0 Å². The van der Waals surface area contributed by atoms with Gasteiger partial charge in [-0.2, -0.15) is 0 Å². The molecule has 3 aromatic rings. The molecule has 1 N–H and O–H groups in total. The average Bonchev–Trinajstić information content (AvgIpc) is 3.14. The Morgan fingerprint density at radius 3 is 2.58 bits per heavy atom. The Balaban J connectivity index is 1.40. The minimum Gasteiger partial charge on any atom is -0.508 e. The Morgan fingerprint density at radius 2 is 1.92 bits per heavy atom. The van der Waals surface area contributed by atoms with Crippen molar-refractivity contribution in [2.24, 2.45) is 0 Å². The van der Waals surface area contributed by atoms with E-state index in [0.29, 0.717) is 5.75 Å². The van der Waals surface area contributed by atoms with Crippen molar-refractivity contribution in [2.75, 3.05) is 31.1 Å². The van der Waals surface area contributed by atoms with Crippen LogP contribution in [0.5, 0.6) is 5.75 Å². The lowest BCUT2D eigenvalue weighted by Gasteiger charge is -2.34. The fraction of sp³-hybridized carbons (Fsp3) is 0.474. The number of fused-ring (bicyclic) bond motifs is 1. The minimum atomic E-state index is 0.0467. The van der Waals surface area contributed by atoms with Gasteiger partial charge in [-0.25, -0.2) is 9.50 Å². The summed E-state index contributed by atoms with van der Waals surface area (Å²) in [5, 5.41) is 15.4. The van der Waals surface area contributed by atoms with Crippen LogP contribution in [0.15, 0.2) is 30.5 Å². The van der Waals surface area contributed by atoms with Crippen LogP contribution in [0.25, 0.3) is 4.96 Å². The molecule has 7 heteroatoms. The highest BCUT2D eigenvalue weighted by atomic mass is 32.1. The first kappa shape index (κ1) is 17.3. The third-order valence-corrected chi connectivity index (χ3v) is 5.74. The standard InChI is InChI=1S/C19H25N5OS/c1-19(2,3)16-13-24-17(20-16)26-18(21-24)23-9-7-22(8-10-23)12-14-5-4-6-15(25)11-14/h4-6,11,13,25H,7-10,12H2,1-3H3. The third-order valence-electron chi connectivity index (χ3n) is 4.76. The molecule has 3 heterocycles. The Morgan fingerprint density at radius 1 is 1.15 bits per heavy atom. The Kier molecular flexibility index (Phi) is 4.36. The second-order valence-electron chi connectivity index (χ2n) is 7.92. The first-order chi connectivity index (χ1) is 12.4. The Hall–Kier alpha value is -2.12. The quantitative estimate of drug-likeness (QED) is 0.767. The molecule has 4 rings (SSSR count). The Bertz CT molecular complexity index is 871. The van der Waals surface area contributed by atoms with Gasteiger partial charge in [-0.3, -0.25) is 4.90 Å². The molecule has 1 aliphatic heterocycles. The van der Waals surface area contributed by atoms with E-state index in [-0.39, 0.29) is 5.41 Å². The molecule has 0 aliphatic carbocycles. The number of anilines is 1. The van der Waals surface area contributed by atoms with Crippen molar-refractivity contribution < 1.29 is 5.11 Å². The lowest BCUT2D eigenvalue weighted by atomic mass is 9.93. The van der Waals surface area contributed by atoms with Crippen molar-refractivity contribution in [3.63, 3.8) is 0 Å². The van der Waals surface area contributed by atoms with Gasteiger partial charge in [-0.1, -0.05) is 44.2 Å². The lowest BCUT2D eigenvalue weighted by molar-refractivity contribution is 0.249. The predicted octanol–water partition coefficient (Wildman–Crippen LogP) is 3.12. The van der Waals surface area contributed by atoms with Crippen molar-refractivity contribution in [1.82, 2.24) is 19.5 Å². The number of piperazine rings is 1. The van der Waals surface area contributed by atoms with Crippen LogP contribution in [-0.4, -0.2) is 50.8 Å². The maximum atomic E-state index is 9.61. The Labute approximate surface area is 157 Å². The second kappa shape index (κ2) is 6.55. The van der Waals surface area contributed by atoms with Gasteiger partial charge in [0.15, 0.2) is 0 Å². The van der Waals surface area contributed by atoms with E-state index in [1.807, 2.05) is 22.8 Å². The van der Waals surface area contributed by atoms with Crippen LogP contribution in [0, 0.1) is 0 Å². The van der Waals surface area contributed by atoms with Gasteiger partial charge in [-0.15, -0.1) is 5.10 Å². The van der Waals surface area contributed by atoms with E-state index in [4.69, 9.17) is 10.1 Å². The first-order valence-electron chi connectivity index (χ1n) is 9.00. The van der Waals surface area contributed by atoms with E-state index >= 15 is 0 Å². The zero-order valence-corrected chi connectivity index (χ0v) is 16.3. The highest BCUT2D eigenvalue weighted by Gasteiger charge is 2.23. The normalized spacial score (nSPS) is 16.5. The van der Waals surface area contributed by atoms with Crippen molar-refractivity contribution >= 4 is 21.4 Å². The molecular formula is C19H25N5OS. The summed E-state index contributed by atoms with van der Waals surface area (Å²) in [4.78, 5) is 10.5. The van der Waals surface area contributed by atoms with Crippen LogP contribution in [0.1, 0.15) is 32.0 Å². The SMILES string of the molecule is CC(C)(C)c1cn2nc(N3CCN(Cc4cccc(O)c4)CC3)sc2n1. The molecule has 0 bridgehead atoms. The van der Waals surface area contributed by atoms with Crippen molar-refractivity contribution in [3.05, 3.63) is 41.7 Å². The zero-order valence-electron chi connectivity index (χ0n) is 15.5. The summed E-state index contributed by atoms with van der Waals surface area (Å²) >= 11 is 1.66. The fourth-order valence-corrected chi connectivity index (χ4v) is 4.12. The fourth-order valence-electron chi connectivity index (χ4n) is 3.19. The van der Waals surface area contributed by atoms with E-state index in [0.717, 1.165) is 54.1 Å². The van der Waals surface area contributed by atoms with E-state index in [2.05, 4.69) is 36.6 Å². The minimum absolute atomic E-state index is 0.0467. The second-order valence-corrected chi connectivity index (χ2v) is 8.86. The topological polar surface area (TPSA) is 56.9 Å². The van der Waals surface area contributed by atoms with E-state index in [9.17, 15) is 5.11 Å². The molecular weight excluding hydrogens is 346 g/mol. The van der Waals surface area contributed by atoms with Crippen LogP contribution >= 0.6 is 11.3 Å². The number of aromatic nitrogens is 3. The maximum absolute atomic E-state index is 9.61. The zero-order chi connectivity index (χ0) is 18.3. The molecule has 1 fully saturated rings. The molecule has 1 saturated heterocycles. The number of phenols is 1. The molecule has 26 heavy (non-hydrogen) atoms. The molecule has 2 aromatic heterocycles. The summed E-state index contributed by atoms with van der Waals surface area (Å²) in [7, 11) is 0. The van der Waals surface area contributed by atoms with Crippen LogP contribution in [-0.2, 0) is 12.0 Å². The van der Waals surface area contributed by atoms with Crippen LogP contribution in [0.2, 0.25) is 0 Å². The summed E-state index contributed by atoms with van der Waals surface area (Å²) < 4.78 is 1.92. The number of phenolic OH excluding ortho intramolecular Hbond substituents is 1. The number of rotatable bonds is 3. The van der Waals surface area contributed by atoms with E-state index in [1.54, 1.807) is 17.4 Å². The van der Waals surface area contributed by atoms with Gasteiger partial charge in [0.25, 0.3) is 0 Å². The number of benzene rings is 1. The van der Waals surface area contributed by atoms with Gasteiger partial charge in [0.2, 0.25) is 10.1 Å². The lowest BCUT2D eigenvalue weighted by Crippen LogP contribution is -2.46. The first-order valence-corrected chi connectivity index (χ1v) is 9.82. The van der Waals surface area contributed by atoms with Crippen LogP contribution < -0.4 is 4.90 Å². The van der Waals surface area contributed by atoms with Gasteiger partial charge in [-0.05, 0) is 17.7 Å². The molecule has 6 nitrogen and oxygen atoms in total. The van der Waals surface area contributed by atoms with Crippen molar-refractivity contribution in [1.29, 1.82) is 0 Å². The average molecular weight is 372 g/mol. The molecule has 1 aromatic carbocycles. The smallest absolute Gasteiger partial charge is 0.214 e. The third kappa shape index (κ3) is 3.54. The molecule has 0 atom stereocenters. The van der Waals surface area contributed by atoms with Gasteiger partial charge < -0.3 is 10.0 Å². The van der Waals surface area contributed by atoms with Crippen LogP contribution in [0.4, 0.5) is 5.13 Å². The molecule has 0 spiro atoms. The number of hydrogen-bond donors (Lipinski definition) is 1. The largest absolute Gasteiger partial charge is 0.508 e. The van der Waals surface area contributed by atoms with Crippen molar-refractivity contribution in [3.8, 4) is 5.75 Å². The number of nitrogens with zero attached hydrogens (tertiary/aromatic N) is 5. The molecule has 0 unspecified atom stereocenters. The van der Waals surface area contributed by atoms with Crippen molar-refractivity contribution in [2.45, 2.75) is 32.7 Å². The highest BCUT2D eigenvalue weighted by Crippen LogP contribution is 2.28. The van der Waals surface area contributed by atoms with Gasteiger partial charge in [0, 0.05) is 38.1 Å².